The van der Waals surface area contributed by atoms with Crippen molar-refractivity contribution in [2.24, 2.45) is 0 Å². The Hall–Kier alpha value is -1.09. The third-order valence-electron chi connectivity index (χ3n) is 2.45. The van der Waals surface area contributed by atoms with Crippen molar-refractivity contribution in [3.63, 3.8) is 0 Å². The number of aromatic nitrogens is 1. The van der Waals surface area contributed by atoms with E-state index >= 15 is 0 Å². The Labute approximate surface area is 85.4 Å². The SMILES string of the molecule is CCN(C)c1cc(C)c(C(C)O)cn1. The van der Waals surface area contributed by atoms with Gasteiger partial charge in [-0.2, -0.15) is 0 Å². The fourth-order valence-corrected chi connectivity index (χ4v) is 1.36. The van der Waals surface area contributed by atoms with E-state index in [9.17, 15) is 5.11 Å². The maximum atomic E-state index is 9.44. The van der Waals surface area contributed by atoms with Gasteiger partial charge in [0.25, 0.3) is 0 Å². The van der Waals surface area contributed by atoms with Crippen LogP contribution in [0.1, 0.15) is 31.1 Å². The number of anilines is 1. The average molecular weight is 194 g/mol. The number of pyridine rings is 1. The molecule has 0 saturated carbocycles. The fraction of sp³-hybridized carbons (Fsp3) is 0.545. The summed E-state index contributed by atoms with van der Waals surface area (Å²) in [5.74, 6) is 0.953. The fourth-order valence-electron chi connectivity index (χ4n) is 1.36. The van der Waals surface area contributed by atoms with E-state index in [0.29, 0.717) is 0 Å². The summed E-state index contributed by atoms with van der Waals surface area (Å²) in [6, 6.07) is 2.01. The van der Waals surface area contributed by atoms with Gasteiger partial charge in [0.05, 0.1) is 6.10 Å². The largest absolute Gasteiger partial charge is 0.389 e. The van der Waals surface area contributed by atoms with Crippen LogP contribution < -0.4 is 4.90 Å². The van der Waals surface area contributed by atoms with Crippen LogP contribution >= 0.6 is 0 Å². The highest BCUT2D eigenvalue weighted by Crippen LogP contribution is 2.19. The summed E-state index contributed by atoms with van der Waals surface area (Å²) < 4.78 is 0. The van der Waals surface area contributed by atoms with E-state index in [1.807, 2.05) is 20.0 Å². The lowest BCUT2D eigenvalue weighted by atomic mass is 10.1. The van der Waals surface area contributed by atoms with Gasteiger partial charge in [-0.3, -0.25) is 0 Å². The van der Waals surface area contributed by atoms with Gasteiger partial charge in [-0.15, -0.1) is 0 Å². The van der Waals surface area contributed by atoms with E-state index in [1.54, 1.807) is 13.1 Å². The van der Waals surface area contributed by atoms with Crippen molar-refractivity contribution >= 4 is 5.82 Å². The molecule has 0 aliphatic rings. The van der Waals surface area contributed by atoms with Gasteiger partial charge in [-0.25, -0.2) is 4.98 Å². The topological polar surface area (TPSA) is 36.4 Å². The van der Waals surface area contributed by atoms with Crippen molar-refractivity contribution in [3.05, 3.63) is 23.4 Å². The number of hydrogen-bond acceptors (Lipinski definition) is 3. The van der Waals surface area contributed by atoms with E-state index in [0.717, 1.165) is 23.5 Å². The van der Waals surface area contributed by atoms with Crippen molar-refractivity contribution in [3.8, 4) is 0 Å². The van der Waals surface area contributed by atoms with E-state index in [1.165, 1.54) is 0 Å². The molecule has 1 rings (SSSR count). The molecule has 14 heavy (non-hydrogen) atoms. The summed E-state index contributed by atoms with van der Waals surface area (Å²) in [6.45, 7) is 6.77. The van der Waals surface area contributed by atoms with Crippen molar-refractivity contribution in [2.75, 3.05) is 18.5 Å². The predicted molar refractivity (Wildman–Crippen MR) is 58.6 cm³/mol. The number of aliphatic hydroxyl groups excluding tert-OH is 1. The molecule has 0 aliphatic heterocycles. The zero-order valence-corrected chi connectivity index (χ0v) is 9.28. The second-order valence-electron chi connectivity index (χ2n) is 3.59. The molecule has 0 radical (unpaired) electrons. The van der Waals surface area contributed by atoms with Gasteiger partial charge < -0.3 is 10.0 Å². The Balaban J connectivity index is 3.00. The Morgan fingerprint density at radius 3 is 2.64 bits per heavy atom. The standard InChI is InChI=1S/C11H18N2O/c1-5-13(4)11-6-8(2)10(7-12-11)9(3)14/h6-7,9,14H,5H2,1-4H3. The van der Waals surface area contributed by atoms with Crippen LogP contribution in [0, 0.1) is 6.92 Å². The molecule has 0 amide bonds. The van der Waals surface area contributed by atoms with Crippen LogP contribution in [0.15, 0.2) is 12.3 Å². The van der Waals surface area contributed by atoms with E-state index in [-0.39, 0.29) is 0 Å². The van der Waals surface area contributed by atoms with Crippen LogP contribution in [0.25, 0.3) is 0 Å². The Bertz CT molecular complexity index is 310. The number of aryl methyl sites for hydroxylation is 1. The molecule has 1 heterocycles. The maximum absolute atomic E-state index is 9.44. The summed E-state index contributed by atoms with van der Waals surface area (Å²) in [4.78, 5) is 6.37. The lowest BCUT2D eigenvalue weighted by Crippen LogP contribution is -2.17. The van der Waals surface area contributed by atoms with Crippen molar-refractivity contribution in [1.82, 2.24) is 4.98 Å². The van der Waals surface area contributed by atoms with Crippen LogP contribution in [0.4, 0.5) is 5.82 Å². The molecule has 0 spiro atoms. The zero-order chi connectivity index (χ0) is 10.7. The lowest BCUT2D eigenvalue weighted by Gasteiger charge is -2.17. The summed E-state index contributed by atoms with van der Waals surface area (Å²) in [7, 11) is 2.00. The minimum absolute atomic E-state index is 0.441. The van der Waals surface area contributed by atoms with Crippen LogP contribution in [0.3, 0.4) is 0 Å². The monoisotopic (exact) mass is 194 g/mol. The molecular formula is C11H18N2O. The van der Waals surface area contributed by atoms with Crippen molar-refractivity contribution in [1.29, 1.82) is 0 Å². The number of hydrogen-bond donors (Lipinski definition) is 1. The molecule has 1 aromatic rings. The van der Waals surface area contributed by atoms with Crippen molar-refractivity contribution < 1.29 is 5.11 Å². The second kappa shape index (κ2) is 4.42. The number of rotatable bonds is 3. The van der Waals surface area contributed by atoms with Crippen molar-refractivity contribution in [2.45, 2.75) is 26.9 Å². The van der Waals surface area contributed by atoms with Gasteiger partial charge in [0.15, 0.2) is 0 Å². The first kappa shape index (κ1) is 11.0. The molecule has 0 aliphatic carbocycles. The molecule has 0 saturated heterocycles. The summed E-state index contributed by atoms with van der Waals surface area (Å²) in [6.07, 6.45) is 1.31. The average Bonchev–Trinajstić information content (AvgIpc) is 2.15. The molecular weight excluding hydrogens is 176 g/mol. The number of aliphatic hydroxyl groups is 1. The van der Waals surface area contributed by atoms with Gasteiger partial charge >= 0.3 is 0 Å². The molecule has 1 atom stereocenters. The van der Waals surface area contributed by atoms with Crippen LogP contribution in [-0.4, -0.2) is 23.7 Å². The number of nitrogens with zero attached hydrogens (tertiary/aromatic N) is 2. The minimum atomic E-state index is -0.441. The third kappa shape index (κ3) is 2.23. The first-order valence-electron chi connectivity index (χ1n) is 4.92. The molecule has 1 aromatic heterocycles. The third-order valence-corrected chi connectivity index (χ3v) is 2.45. The van der Waals surface area contributed by atoms with Gasteiger partial charge in [-0.1, -0.05) is 0 Å². The highest BCUT2D eigenvalue weighted by atomic mass is 16.3. The lowest BCUT2D eigenvalue weighted by molar-refractivity contribution is 0.198. The molecule has 0 aromatic carbocycles. The quantitative estimate of drug-likeness (QED) is 0.798. The van der Waals surface area contributed by atoms with E-state index < -0.39 is 6.10 Å². The molecule has 78 valence electrons. The van der Waals surface area contributed by atoms with Gasteiger partial charge in [0.1, 0.15) is 5.82 Å². The van der Waals surface area contributed by atoms with Gasteiger partial charge in [0.2, 0.25) is 0 Å². The molecule has 0 fully saturated rings. The maximum Gasteiger partial charge on any atom is 0.128 e. The Morgan fingerprint density at radius 1 is 1.57 bits per heavy atom. The molecule has 3 nitrogen and oxygen atoms in total. The highest BCUT2D eigenvalue weighted by Gasteiger charge is 2.07. The van der Waals surface area contributed by atoms with Crippen LogP contribution in [0.5, 0.6) is 0 Å². The Kier molecular flexibility index (Phi) is 3.47. The zero-order valence-electron chi connectivity index (χ0n) is 9.28. The second-order valence-corrected chi connectivity index (χ2v) is 3.59. The summed E-state index contributed by atoms with van der Waals surface area (Å²) in [5, 5.41) is 9.44. The van der Waals surface area contributed by atoms with E-state index in [2.05, 4.69) is 16.8 Å². The normalized spacial score (nSPS) is 12.6. The first-order chi connectivity index (χ1) is 6.56. The molecule has 1 N–H and O–H groups in total. The van der Waals surface area contributed by atoms with Crippen LogP contribution in [0.2, 0.25) is 0 Å². The smallest absolute Gasteiger partial charge is 0.128 e. The van der Waals surface area contributed by atoms with Crippen LogP contribution in [-0.2, 0) is 0 Å². The molecule has 0 bridgehead atoms. The van der Waals surface area contributed by atoms with Gasteiger partial charge in [0, 0.05) is 25.4 Å². The highest BCUT2D eigenvalue weighted by molar-refractivity contribution is 5.42. The Morgan fingerprint density at radius 2 is 2.21 bits per heavy atom. The molecule has 3 heteroatoms. The van der Waals surface area contributed by atoms with Gasteiger partial charge in [-0.05, 0) is 32.4 Å². The molecule has 1 unspecified atom stereocenters. The van der Waals surface area contributed by atoms with E-state index in [4.69, 9.17) is 0 Å². The first-order valence-corrected chi connectivity index (χ1v) is 4.92. The summed E-state index contributed by atoms with van der Waals surface area (Å²) in [5.41, 5.74) is 1.99. The summed E-state index contributed by atoms with van der Waals surface area (Å²) >= 11 is 0. The predicted octanol–water partition coefficient (Wildman–Crippen LogP) is 1.90. The minimum Gasteiger partial charge on any atom is -0.389 e.